The molecule has 1 aromatic rings. The molecule has 0 radical (unpaired) electrons. The third-order valence-electron chi connectivity index (χ3n) is 3.54. The van der Waals surface area contributed by atoms with Gasteiger partial charge in [0, 0.05) is 13.2 Å². The zero-order chi connectivity index (χ0) is 12.3. The van der Waals surface area contributed by atoms with E-state index in [2.05, 4.69) is 29.3 Å². The second-order valence-corrected chi connectivity index (χ2v) is 5.35. The lowest BCUT2D eigenvalue weighted by Gasteiger charge is -2.27. The summed E-state index contributed by atoms with van der Waals surface area (Å²) in [7, 11) is 1.62. The lowest BCUT2D eigenvalue weighted by atomic mass is 9.87. The quantitative estimate of drug-likeness (QED) is 0.850. The van der Waals surface area contributed by atoms with Crippen molar-refractivity contribution >= 4 is 0 Å². The summed E-state index contributed by atoms with van der Waals surface area (Å²) in [5, 5.41) is 7.34. The summed E-state index contributed by atoms with van der Waals surface area (Å²) < 4.78 is 10.1. The van der Waals surface area contributed by atoms with Crippen molar-refractivity contribution in [3.8, 4) is 0 Å². The van der Waals surface area contributed by atoms with Crippen molar-refractivity contribution in [2.45, 2.75) is 52.3 Å². The number of hydrogen-bond acceptors (Lipinski definition) is 5. The molecule has 0 aliphatic heterocycles. The van der Waals surface area contributed by atoms with Crippen LogP contribution in [0.2, 0.25) is 0 Å². The Balaban J connectivity index is 1.85. The van der Waals surface area contributed by atoms with Gasteiger partial charge >= 0.3 is 0 Å². The zero-order valence-corrected chi connectivity index (χ0v) is 10.8. The van der Waals surface area contributed by atoms with Gasteiger partial charge in [0.1, 0.15) is 6.61 Å². The number of ether oxygens (including phenoxy) is 1. The van der Waals surface area contributed by atoms with Crippen molar-refractivity contribution in [3.05, 3.63) is 11.7 Å². The maximum atomic E-state index is 5.14. The van der Waals surface area contributed by atoms with Crippen LogP contribution in [0.25, 0.3) is 0 Å². The van der Waals surface area contributed by atoms with Crippen LogP contribution < -0.4 is 5.32 Å². The monoisotopic (exact) mass is 239 g/mol. The van der Waals surface area contributed by atoms with E-state index in [1.165, 1.54) is 19.3 Å². The summed E-state index contributed by atoms with van der Waals surface area (Å²) in [6, 6.07) is 0.542. The molecule has 1 aliphatic carbocycles. The smallest absolute Gasteiger partial charge is 0.240 e. The molecule has 0 saturated heterocycles. The van der Waals surface area contributed by atoms with E-state index in [0.29, 0.717) is 36.3 Å². The highest BCUT2D eigenvalue weighted by Crippen LogP contribution is 2.37. The lowest BCUT2D eigenvalue weighted by molar-refractivity contribution is 0.174. The lowest BCUT2D eigenvalue weighted by Crippen LogP contribution is -2.37. The van der Waals surface area contributed by atoms with Crippen molar-refractivity contribution in [2.75, 3.05) is 7.11 Å². The SMILES string of the molecule is COCc1noc(CN[C@H]2CCCC2(C)C)n1. The first-order valence-corrected chi connectivity index (χ1v) is 6.15. The second kappa shape index (κ2) is 5.14. The molecule has 1 heterocycles. The van der Waals surface area contributed by atoms with E-state index in [1.807, 2.05) is 0 Å². The van der Waals surface area contributed by atoms with Gasteiger partial charge < -0.3 is 14.6 Å². The van der Waals surface area contributed by atoms with Crippen molar-refractivity contribution in [1.29, 1.82) is 0 Å². The number of nitrogens with one attached hydrogen (secondary N) is 1. The van der Waals surface area contributed by atoms with E-state index >= 15 is 0 Å². The van der Waals surface area contributed by atoms with Crippen molar-refractivity contribution in [3.63, 3.8) is 0 Å². The van der Waals surface area contributed by atoms with Crippen LogP contribution in [0.5, 0.6) is 0 Å². The number of rotatable bonds is 5. The molecule has 0 aromatic carbocycles. The maximum absolute atomic E-state index is 5.14. The van der Waals surface area contributed by atoms with E-state index in [9.17, 15) is 0 Å². The van der Waals surface area contributed by atoms with Crippen LogP contribution in [-0.4, -0.2) is 23.3 Å². The summed E-state index contributed by atoms with van der Waals surface area (Å²) in [4.78, 5) is 4.24. The van der Waals surface area contributed by atoms with Crippen molar-refractivity contribution < 1.29 is 9.26 Å². The van der Waals surface area contributed by atoms with Crippen LogP contribution in [0, 0.1) is 5.41 Å². The van der Waals surface area contributed by atoms with Crippen LogP contribution in [0.15, 0.2) is 4.52 Å². The van der Waals surface area contributed by atoms with E-state index < -0.39 is 0 Å². The molecule has 2 rings (SSSR count). The number of hydrogen-bond donors (Lipinski definition) is 1. The Bertz CT molecular complexity index is 362. The molecule has 0 bridgehead atoms. The average Bonchev–Trinajstić information content (AvgIpc) is 2.83. The zero-order valence-electron chi connectivity index (χ0n) is 10.8. The number of nitrogens with zero attached hydrogens (tertiary/aromatic N) is 2. The third kappa shape index (κ3) is 3.04. The fourth-order valence-corrected chi connectivity index (χ4v) is 2.47. The third-order valence-corrected chi connectivity index (χ3v) is 3.54. The predicted molar refractivity (Wildman–Crippen MR) is 63.3 cm³/mol. The Kier molecular flexibility index (Phi) is 3.79. The fraction of sp³-hybridized carbons (Fsp3) is 0.833. The predicted octanol–water partition coefficient (Wildman–Crippen LogP) is 1.88. The summed E-state index contributed by atoms with van der Waals surface area (Å²) >= 11 is 0. The van der Waals surface area contributed by atoms with Gasteiger partial charge in [-0.25, -0.2) is 0 Å². The van der Waals surface area contributed by atoms with E-state index in [-0.39, 0.29) is 0 Å². The molecule has 1 N–H and O–H groups in total. The number of aromatic nitrogens is 2. The van der Waals surface area contributed by atoms with Crippen LogP contribution in [0.1, 0.15) is 44.8 Å². The Morgan fingerprint density at radius 2 is 2.35 bits per heavy atom. The molecule has 5 nitrogen and oxygen atoms in total. The standard InChI is InChI=1S/C12H21N3O2/c1-12(2)6-4-5-9(12)13-7-11-14-10(8-16-3)15-17-11/h9,13H,4-8H2,1-3H3/t9-/m0/s1. The summed E-state index contributed by atoms with van der Waals surface area (Å²) in [5.41, 5.74) is 0.370. The van der Waals surface area contributed by atoms with E-state index in [1.54, 1.807) is 7.11 Å². The van der Waals surface area contributed by atoms with Gasteiger partial charge in [-0.3, -0.25) is 0 Å². The van der Waals surface area contributed by atoms with Crippen LogP contribution >= 0.6 is 0 Å². The fourth-order valence-electron chi connectivity index (χ4n) is 2.47. The highest BCUT2D eigenvalue weighted by molar-refractivity contribution is 4.92. The maximum Gasteiger partial charge on any atom is 0.240 e. The molecular formula is C12H21N3O2. The molecule has 5 heteroatoms. The Morgan fingerprint density at radius 3 is 3.00 bits per heavy atom. The molecular weight excluding hydrogens is 218 g/mol. The number of methoxy groups -OCH3 is 1. The first-order valence-electron chi connectivity index (χ1n) is 6.15. The molecule has 1 aliphatic rings. The highest BCUT2D eigenvalue weighted by atomic mass is 16.5. The van der Waals surface area contributed by atoms with Gasteiger partial charge in [0.2, 0.25) is 5.89 Å². The van der Waals surface area contributed by atoms with Gasteiger partial charge in [-0.1, -0.05) is 25.4 Å². The minimum atomic E-state index is 0.370. The van der Waals surface area contributed by atoms with E-state index in [0.717, 1.165) is 0 Å². The highest BCUT2D eigenvalue weighted by Gasteiger charge is 2.34. The van der Waals surface area contributed by atoms with Gasteiger partial charge in [0.25, 0.3) is 0 Å². The first kappa shape index (κ1) is 12.5. The molecule has 1 fully saturated rings. The average molecular weight is 239 g/mol. The molecule has 0 unspecified atom stereocenters. The first-order chi connectivity index (χ1) is 8.12. The van der Waals surface area contributed by atoms with Crippen LogP contribution in [0.3, 0.4) is 0 Å². The second-order valence-electron chi connectivity index (χ2n) is 5.35. The van der Waals surface area contributed by atoms with Crippen LogP contribution in [0.4, 0.5) is 0 Å². The molecule has 0 spiro atoms. The molecule has 17 heavy (non-hydrogen) atoms. The topological polar surface area (TPSA) is 60.2 Å². The van der Waals surface area contributed by atoms with Gasteiger partial charge in [0.15, 0.2) is 5.82 Å². The molecule has 1 atom stereocenters. The van der Waals surface area contributed by atoms with Gasteiger partial charge in [0.05, 0.1) is 6.54 Å². The Morgan fingerprint density at radius 1 is 1.53 bits per heavy atom. The minimum absolute atomic E-state index is 0.370. The summed E-state index contributed by atoms with van der Waals surface area (Å²) in [5.74, 6) is 1.25. The Hall–Kier alpha value is -0.940. The van der Waals surface area contributed by atoms with E-state index in [4.69, 9.17) is 9.26 Å². The molecule has 1 saturated carbocycles. The van der Waals surface area contributed by atoms with Crippen molar-refractivity contribution in [1.82, 2.24) is 15.5 Å². The van der Waals surface area contributed by atoms with Crippen LogP contribution in [-0.2, 0) is 17.9 Å². The summed E-state index contributed by atoms with van der Waals surface area (Å²) in [6.07, 6.45) is 3.80. The Labute approximate surface area is 102 Å². The largest absolute Gasteiger partial charge is 0.377 e. The molecule has 0 amide bonds. The van der Waals surface area contributed by atoms with Crippen molar-refractivity contribution in [2.24, 2.45) is 5.41 Å². The molecule has 1 aromatic heterocycles. The molecule has 96 valence electrons. The van der Waals surface area contributed by atoms with Gasteiger partial charge in [-0.2, -0.15) is 4.98 Å². The van der Waals surface area contributed by atoms with Gasteiger partial charge in [-0.15, -0.1) is 0 Å². The van der Waals surface area contributed by atoms with Gasteiger partial charge in [-0.05, 0) is 18.3 Å². The minimum Gasteiger partial charge on any atom is -0.377 e. The summed E-state index contributed by atoms with van der Waals surface area (Å²) in [6.45, 7) is 5.66. The normalized spacial score (nSPS) is 23.1.